The molecule has 1 aliphatic rings. The van der Waals surface area contributed by atoms with E-state index in [1.165, 1.54) is 6.07 Å². The summed E-state index contributed by atoms with van der Waals surface area (Å²) in [5.74, 6) is 0.231. The van der Waals surface area contributed by atoms with Gasteiger partial charge in [-0.25, -0.2) is 0 Å². The Kier molecular flexibility index (Phi) is 5.14. The molecule has 0 bridgehead atoms. The lowest BCUT2D eigenvalue weighted by atomic mass is 9.78. The summed E-state index contributed by atoms with van der Waals surface area (Å²) in [5, 5.41) is 19.6. The van der Waals surface area contributed by atoms with Crippen molar-refractivity contribution >= 4 is 5.91 Å². The number of amides is 1. The average molecular weight is 331 g/mol. The normalized spacial score (nSPS) is 24.0. The summed E-state index contributed by atoms with van der Waals surface area (Å²) in [5.41, 5.74) is -0.519. The first-order valence-corrected chi connectivity index (χ1v) is 8.31. The van der Waals surface area contributed by atoms with E-state index in [0.29, 0.717) is 36.7 Å². The quantitative estimate of drug-likeness (QED) is 0.882. The number of likely N-dealkylation sites (tertiary alicyclic amines) is 1. The fraction of sp³-hybridized carbons (Fsp3) is 0.611. The highest BCUT2D eigenvalue weighted by Crippen LogP contribution is 2.33. The first-order valence-electron chi connectivity index (χ1n) is 8.31. The minimum Gasteiger partial charge on any atom is -0.390 e. The highest BCUT2D eigenvalue weighted by Gasteiger charge is 2.39. The second-order valence-corrected chi connectivity index (χ2v) is 7.35. The highest BCUT2D eigenvalue weighted by molar-refractivity contribution is 5.95. The number of hydrogen-bond acceptors (Lipinski definition) is 4. The summed E-state index contributed by atoms with van der Waals surface area (Å²) >= 11 is 0. The van der Waals surface area contributed by atoms with E-state index in [9.17, 15) is 14.7 Å². The summed E-state index contributed by atoms with van der Waals surface area (Å²) in [6.45, 7) is 8.62. The fourth-order valence-electron chi connectivity index (χ4n) is 3.30. The zero-order chi connectivity index (χ0) is 18.1. The summed E-state index contributed by atoms with van der Waals surface area (Å²) < 4.78 is 0. The van der Waals surface area contributed by atoms with Crippen molar-refractivity contribution in [3.8, 4) is 6.07 Å². The number of carbonyl (C=O) groups excluding carboxylic acids is 1. The molecular formula is C18H25N3O3. The second-order valence-electron chi connectivity index (χ2n) is 7.35. The Morgan fingerprint density at radius 1 is 1.58 bits per heavy atom. The largest absolute Gasteiger partial charge is 0.390 e. The predicted octanol–water partition coefficient (Wildman–Crippen LogP) is 1.81. The maximum absolute atomic E-state index is 12.9. The van der Waals surface area contributed by atoms with Gasteiger partial charge in [0.05, 0.1) is 11.2 Å². The van der Waals surface area contributed by atoms with Crippen LogP contribution in [0.3, 0.4) is 0 Å². The Labute approximate surface area is 142 Å². The molecule has 1 aliphatic heterocycles. The van der Waals surface area contributed by atoms with Gasteiger partial charge in [0.25, 0.3) is 11.5 Å². The predicted molar refractivity (Wildman–Crippen MR) is 90.6 cm³/mol. The van der Waals surface area contributed by atoms with Crippen LogP contribution in [0.15, 0.2) is 10.9 Å². The number of aromatic nitrogens is 1. The molecule has 6 heteroatoms. The third kappa shape index (κ3) is 3.68. The van der Waals surface area contributed by atoms with E-state index in [1.807, 2.05) is 13.0 Å². The lowest BCUT2D eigenvalue weighted by Gasteiger charge is -2.43. The molecule has 2 heterocycles. The molecule has 0 radical (unpaired) electrons. The van der Waals surface area contributed by atoms with E-state index in [2.05, 4.69) is 18.8 Å². The van der Waals surface area contributed by atoms with Crippen molar-refractivity contribution in [3.63, 3.8) is 0 Å². The van der Waals surface area contributed by atoms with Crippen LogP contribution in [-0.4, -0.2) is 39.6 Å². The van der Waals surface area contributed by atoms with Crippen molar-refractivity contribution in [2.45, 2.75) is 46.1 Å². The molecule has 0 saturated carbocycles. The van der Waals surface area contributed by atoms with E-state index in [4.69, 9.17) is 5.26 Å². The van der Waals surface area contributed by atoms with Crippen molar-refractivity contribution in [2.24, 2.45) is 11.8 Å². The number of nitriles is 1. The summed E-state index contributed by atoms with van der Waals surface area (Å²) in [7, 11) is 0. The zero-order valence-electron chi connectivity index (χ0n) is 14.7. The van der Waals surface area contributed by atoms with Gasteiger partial charge in [0.2, 0.25) is 0 Å². The van der Waals surface area contributed by atoms with E-state index in [1.54, 1.807) is 11.8 Å². The number of aliphatic hydroxyl groups is 1. The SMILES string of the molecule is Cc1[nH]c(=O)c(C#N)cc1C(=O)N1CC[C@](C)(O)[C@H](CC(C)C)C1. The van der Waals surface area contributed by atoms with Crippen LogP contribution in [0.5, 0.6) is 0 Å². The van der Waals surface area contributed by atoms with Crippen LogP contribution < -0.4 is 5.56 Å². The monoisotopic (exact) mass is 331 g/mol. The van der Waals surface area contributed by atoms with Crippen molar-refractivity contribution in [1.29, 1.82) is 5.26 Å². The molecule has 1 amide bonds. The molecule has 2 rings (SSSR count). The van der Waals surface area contributed by atoms with Gasteiger partial charge in [0.15, 0.2) is 0 Å². The van der Waals surface area contributed by atoms with Gasteiger partial charge in [-0.15, -0.1) is 0 Å². The van der Waals surface area contributed by atoms with E-state index < -0.39 is 11.2 Å². The molecule has 1 fully saturated rings. The third-order valence-electron chi connectivity index (χ3n) is 4.84. The molecule has 1 aromatic rings. The number of carbonyl (C=O) groups is 1. The Balaban J connectivity index is 2.28. The molecule has 0 spiro atoms. The lowest BCUT2D eigenvalue weighted by Crippen LogP contribution is -2.52. The number of nitrogens with zero attached hydrogens (tertiary/aromatic N) is 2. The van der Waals surface area contributed by atoms with Crippen molar-refractivity contribution < 1.29 is 9.90 Å². The zero-order valence-corrected chi connectivity index (χ0v) is 14.7. The van der Waals surface area contributed by atoms with Gasteiger partial charge in [0.1, 0.15) is 11.6 Å². The smallest absolute Gasteiger partial charge is 0.266 e. The van der Waals surface area contributed by atoms with Crippen LogP contribution in [0, 0.1) is 30.1 Å². The van der Waals surface area contributed by atoms with Gasteiger partial charge >= 0.3 is 0 Å². The van der Waals surface area contributed by atoms with E-state index in [0.717, 1.165) is 6.42 Å². The molecule has 2 atom stereocenters. The molecule has 6 nitrogen and oxygen atoms in total. The van der Waals surface area contributed by atoms with Crippen molar-refractivity contribution in [2.75, 3.05) is 13.1 Å². The van der Waals surface area contributed by atoms with E-state index in [-0.39, 0.29) is 17.4 Å². The van der Waals surface area contributed by atoms with Gasteiger partial charge < -0.3 is 15.0 Å². The van der Waals surface area contributed by atoms with Crippen LogP contribution in [0.2, 0.25) is 0 Å². The Morgan fingerprint density at radius 2 is 2.25 bits per heavy atom. The van der Waals surface area contributed by atoms with Crippen LogP contribution in [0.25, 0.3) is 0 Å². The first-order chi connectivity index (χ1) is 11.2. The third-order valence-corrected chi connectivity index (χ3v) is 4.84. The lowest BCUT2D eigenvalue weighted by molar-refractivity contribution is -0.0577. The van der Waals surface area contributed by atoms with Crippen LogP contribution >= 0.6 is 0 Å². The number of aryl methyl sites for hydroxylation is 1. The number of H-pyrrole nitrogens is 1. The number of piperidine rings is 1. The van der Waals surface area contributed by atoms with Gasteiger partial charge in [-0.2, -0.15) is 5.26 Å². The van der Waals surface area contributed by atoms with Crippen LogP contribution in [-0.2, 0) is 0 Å². The Morgan fingerprint density at radius 3 is 2.83 bits per heavy atom. The molecule has 2 N–H and O–H groups in total. The highest BCUT2D eigenvalue weighted by atomic mass is 16.3. The average Bonchev–Trinajstić information content (AvgIpc) is 2.48. The number of aromatic amines is 1. The molecule has 130 valence electrons. The minimum absolute atomic E-state index is 0.00806. The summed E-state index contributed by atoms with van der Waals surface area (Å²) in [6.07, 6.45) is 1.36. The maximum Gasteiger partial charge on any atom is 0.266 e. The van der Waals surface area contributed by atoms with Gasteiger partial charge in [-0.3, -0.25) is 9.59 Å². The number of rotatable bonds is 3. The van der Waals surface area contributed by atoms with E-state index >= 15 is 0 Å². The number of nitrogens with one attached hydrogen (secondary N) is 1. The minimum atomic E-state index is -0.779. The van der Waals surface area contributed by atoms with Gasteiger partial charge in [-0.1, -0.05) is 13.8 Å². The number of pyridine rings is 1. The van der Waals surface area contributed by atoms with Crippen LogP contribution in [0.1, 0.15) is 55.2 Å². The molecule has 1 aromatic heterocycles. The maximum atomic E-state index is 12.9. The molecule has 0 aromatic carbocycles. The van der Waals surface area contributed by atoms with Crippen molar-refractivity contribution in [3.05, 3.63) is 33.2 Å². The standard InChI is InChI=1S/C18H25N3O3/c1-11(2)7-14-10-21(6-5-18(14,4)24)17(23)15-8-13(9-19)16(22)20-12(15)3/h8,11,14,24H,5-7,10H2,1-4H3,(H,20,22)/t14-,18+/m1/s1. The fourth-order valence-corrected chi connectivity index (χ4v) is 3.30. The molecule has 1 saturated heterocycles. The molecular weight excluding hydrogens is 306 g/mol. The molecule has 0 aliphatic carbocycles. The molecule has 24 heavy (non-hydrogen) atoms. The summed E-state index contributed by atoms with van der Waals surface area (Å²) in [6, 6.07) is 3.18. The Bertz CT molecular complexity index is 728. The Hall–Kier alpha value is -2.13. The van der Waals surface area contributed by atoms with Gasteiger partial charge in [-0.05, 0) is 38.7 Å². The topological polar surface area (TPSA) is 97.2 Å². The number of hydrogen-bond donors (Lipinski definition) is 2. The summed E-state index contributed by atoms with van der Waals surface area (Å²) in [4.78, 5) is 28.8. The second kappa shape index (κ2) is 6.78. The van der Waals surface area contributed by atoms with Gasteiger partial charge in [0, 0.05) is 24.7 Å². The molecule has 0 unspecified atom stereocenters. The van der Waals surface area contributed by atoms with Crippen molar-refractivity contribution in [1.82, 2.24) is 9.88 Å². The first kappa shape index (κ1) is 18.2. The van der Waals surface area contributed by atoms with Crippen LogP contribution in [0.4, 0.5) is 0 Å².